The quantitative estimate of drug-likeness (QED) is 0.813. The Labute approximate surface area is 134 Å². The molecule has 4 nitrogen and oxygen atoms in total. The van der Waals surface area contributed by atoms with Crippen molar-refractivity contribution in [3.05, 3.63) is 58.1 Å². The molecule has 114 valence electrons. The second kappa shape index (κ2) is 6.72. The Morgan fingerprint density at radius 2 is 1.45 bits per heavy atom. The zero-order chi connectivity index (χ0) is 16.3. The summed E-state index contributed by atoms with van der Waals surface area (Å²) >= 11 is 11.6. The van der Waals surface area contributed by atoms with Gasteiger partial charge in [0.2, 0.25) is 0 Å². The van der Waals surface area contributed by atoms with Crippen LogP contribution in [0.5, 0.6) is 0 Å². The highest BCUT2D eigenvalue weighted by Crippen LogP contribution is 2.25. The molecule has 0 aliphatic carbocycles. The molecule has 2 amide bonds. The predicted octanol–water partition coefficient (Wildman–Crippen LogP) is 3.85. The van der Waals surface area contributed by atoms with Crippen LogP contribution in [0.3, 0.4) is 0 Å². The van der Waals surface area contributed by atoms with Crippen molar-refractivity contribution in [2.45, 2.75) is 0 Å². The molecule has 0 aliphatic heterocycles. The molecule has 0 bridgehead atoms. The van der Waals surface area contributed by atoms with Gasteiger partial charge in [-0.15, -0.1) is 0 Å². The van der Waals surface area contributed by atoms with Gasteiger partial charge < -0.3 is 10.6 Å². The summed E-state index contributed by atoms with van der Waals surface area (Å²) < 4.78 is 26.1. The molecule has 0 radical (unpaired) electrons. The van der Waals surface area contributed by atoms with E-state index in [1.165, 1.54) is 18.2 Å². The molecule has 0 aliphatic rings. The topological polar surface area (TPSA) is 58.2 Å². The van der Waals surface area contributed by atoms with Gasteiger partial charge in [0.15, 0.2) is 0 Å². The maximum Gasteiger partial charge on any atom is 0.314 e. The number of benzene rings is 2. The normalized spacial score (nSPS) is 10.2. The fourth-order valence-electron chi connectivity index (χ4n) is 1.54. The fraction of sp³-hybridized carbons (Fsp3) is 0. The zero-order valence-electron chi connectivity index (χ0n) is 10.8. The van der Waals surface area contributed by atoms with Gasteiger partial charge in [0.25, 0.3) is 0 Å². The van der Waals surface area contributed by atoms with Gasteiger partial charge in [-0.05, 0) is 30.3 Å². The molecule has 0 heterocycles. The molecule has 0 saturated heterocycles. The molecule has 2 aromatic rings. The molecule has 8 heteroatoms. The molecule has 2 rings (SSSR count). The summed E-state index contributed by atoms with van der Waals surface area (Å²) in [7, 11) is 0. The Balaban J connectivity index is 2.07. The van der Waals surface area contributed by atoms with E-state index < -0.39 is 23.4 Å². The van der Waals surface area contributed by atoms with Crippen LogP contribution in [0.1, 0.15) is 0 Å². The van der Waals surface area contributed by atoms with Crippen LogP contribution in [0.2, 0.25) is 10.0 Å². The van der Waals surface area contributed by atoms with Gasteiger partial charge in [-0.3, -0.25) is 9.59 Å². The van der Waals surface area contributed by atoms with E-state index in [1.54, 1.807) is 0 Å². The Bertz CT molecular complexity index is 690. The molecule has 0 spiro atoms. The van der Waals surface area contributed by atoms with E-state index in [0.717, 1.165) is 12.1 Å². The van der Waals surface area contributed by atoms with Crippen LogP contribution in [0.4, 0.5) is 20.2 Å². The first-order valence-corrected chi connectivity index (χ1v) is 6.65. The molecular formula is C14H8Cl2F2N2O2. The van der Waals surface area contributed by atoms with Crippen LogP contribution in [-0.2, 0) is 9.59 Å². The number of halogens is 4. The number of rotatable bonds is 2. The summed E-state index contributed by atoms with van der Waals surface area (Å²) in [5, 5.41) is 4.78. The highest BCUT2D eigenvalue weighted by Gasteiger charge is 2.17. The molecule has 22 heavy (non-hydrogen) atoms. The number of anilines is 2. The van der Waals surface area contributed by atoms with Crippen LogP contribution in [0, 0.1) is 11.6 Å². The van der Waals surface area contributed by atoms with Gasteiger partial charge >= 0.3 is 11.8 Å². The van der Waals surface area contributed by atoms with Crippen molar-refractivity contribution in [3.8, 4) is 0 Å². The lowest BCUT2D eigenvalue weighted by molar-refractivity contribution is -0.133. The van der Waals surface area contributed by atoms with Gasteiger partial charge in [0.05, 0.1) is 16.4 Å². The first-order valence-electron chi connectivity index (χ1n) is 5.89. The van der Waals surface area contributed by atoms with Gasteiger partial charge in [-0.2, -0.15) is 0 Å². The molecule has 0 atom stereocenters. The van der Waals surface area contributed by atoms with Crippen LogP contribution in [0.25, 0.3) is 0 Å². The first kappa shape index (κ1) is 16.2. The molecule has 0 fully saturated rings. The summed E-state index contributed by atoms with van der Waals surface area (Å²) in [6, 6.07) is 6.81. The number of hydrogen-bond acceptors (Lipinski definition) is 2. The minimum absolute atomic E-state index is 0.140. The van der Waals surface area contributed by atoms with Crippen LogP contribution < -0.4 is 10.6 Å². The smallest absolute Gasteiger partial charge is 0.314 e. The van der Waals surface area contributed by atoms with E-state index in [0.29, 0.717) is 11.1 Å². The largest absolute Gasteiger partial charge is 0.316 e. The van der Waals surface area contributed by atoms with Crippen molar-refractivity contribution in [3.63, 3.8) is 0 Å². The molecule has 2 aromatic carbocycles. The van der Waals surface area contributed by atoms with E-state index in [-0.39, 0.29) is 16.4 Å². The van der Waals surface area contributed by atoms with Crippen molar-refractivity contribution in [2.75, 3.05) is 10.6 Å². The SMILES string of the molecule is O=C(Nc1ccc(F)cc1F)C(=O)Nc1ccc(Cl)cc1Cl. The lowest BCUT2D eigenvalue weighted by Gasteiger charge is -2.08. The number of amides is 2. The Hall–Kier alpha value is -2.18. The fourth-order valence-corrected chi connectivity index (χ4v) is 2.00. The summed E-state index contributed by atoms with van der Waals surface area (Å²) in [5.74, 6) is -3.98. The number of nitrogens with one attached hydrogen (secondary N) is 2. The number of hydrogen-bond donors (Lipinski definition) is 2. The lowest BCUT2D eigenvalue weighted by Crippen LogP contribution is -2.29. The average Bonchev–Trinajstić information content (AvgIpc) is 2.44. The van der Waals surface area contributed by atoms with E-state index >= 15 is 0 Å². The second-order valence-electron chi connectivity index (χ2n) is 4.16. The summed E-state index contributed by atoms with van der Waals surface area (Å²) in [6.07, 6.45) is 0. The van der Waals surface area contributed by atoms with Crippen LogP contribution >= 0.6 is 23.2 Å². The van der Waals surface area contributed by atoms with Crippen molar-refractivity contribution in [1.82, 2.24) is 0 Å². The average molecular weight is 345 g/mol. The summed E-state index contributed by atoms with van der Waals surface area (Å²) in [6.45, 7) is 0. The first-order chi connectivity index (χ1) is 10.4. The second-order valence-corrected chi connectivity index (χ2v) is 5.00. The van der Waals surface area contributed by atoms with Crippen LogP contribution in [0.15, 0.2) is 36.4 Å². The lowest BCUT2D eigenvalue weighted by atomic mass is 10.3. The monoisotopic (exact) mass is 344 g/mol. The van der Waals surface area contributed by atoms with E-state index in [1.807, 2.05) is 5.32 Å². The van der Waals surface area contributed by atoms with Crippen molar-refractivity contribution >= 4 is 46.4 Å². The molecule has 2 N–H and O–H groups in total. The standard InChI is InChI=1S/C14H8Cl2F2N2O2/c15-7-1-3-11(9(16)5-7)19-13(21)14(22)20-12-4-2-8(17)6-10(12)18/h1-6H,(H,19,21)(H,20,22). The Morgan fingerprint density at radius 3 is 2.05 bits per heavy atom. The van der Waals surface area contributed by atoms with Gasteiger partial charge in [-0.1, -0.05) is 23.2 Å². The van der Waals surface area contributed by atoms with Crippen molar-refractivity contribution < 1.29 is 18.4 Å². The maximum atomic E-state index is 13.4. The van der Waals surface area contributed by atoms with Gasteiger partial charge in [0.1, 0.15) is 11.6 Å². The number of carbonyl (C=O) groups is 2. The Kier molecular flexibility index (Phi) is 4.95. The van der Waals surface area contributed by atoms with E-state index in [2.05, 4.69) is 5.32 Å². The summed E-state index contributed by atoms with van der Waals surface area (Å²) in [4.78, 5) is 23.4. The van der Waals surface area contributed by atoms with Gasteiger partial charge in [0, 0.05) is 11.1 Å². The molecular weight excluding hydrogens is 337 g/mol. The third-order valence-electron chi connectivity index (χ3n) is 2.56. The van der Waals surface area contributed by atoms with E-state index in [4.69, 9.17) is 23.2 Å². The zero-order valence-corrected chi connectivity index (χ0v) is 12.3. The van der Waals surface area contributed by atoms with Crippen molar-refractivity contribution in [2.24, 2.45) is 0 Å². The highest BCUT2D eigenvalue weighted by atomic mass is 35.5. The van der Waals surface area contributed by atoms with Gasteiger partial charge in [-0.25, -0.2) is 8.78 Å². The third kappa shape index (κ3) is 3.93. The summed E-state index contributed by atoms with van der Waals surface area (Å²) in [5.41, 5.74) is -0.144. The predicted molar refractivity (Wildman–Crippen MR) is 80.1 cm³/mol. The van der Waals surface area contributed by atoms with Crippen LogP contribution in [-0.4, -0.2) is 11.8 Å². The highest BCUT2D eigenvalue weighted by molar-refractivity contribution is 6.45. The molecule has 0 saturated carbocycles. The third-order valence-corrected chi connectivity index (χ3v) is 3.11. The molecule has 0 aromatic heterocycles. The minimum Gasteiger partial charge on any atom is -0.316 e. The van der Waals surface area contributed by atoms with E-state index in [9.17, 15) is 18.4 Å². The Morgan fingerprint density at radius 1 is 0.864 bits per heavy atom. The van der Waals surface area contributed by atoms with Crippen molar-refractivity contribution in [1.29, 1.82) is 0 Å². The molecule has 0 unspecified atom stereocenters. The maximum absolute atomic E-state index is 13.4. The number of carbonyl (C=O) groups excluding carboxylic acids is 2. The minimum atomic E-state index is -1.13.